The van der Waals surface area contributed by atoms with Crippen LogP contribution >= 0.6 is 0 Å². The monoisotopic (exact) mass is 125 g/mol. The summed E-state index contributed by atoms with van der Waals surface area (Å²) < 4.78 is 0. The van der Waals surface area contributed by atoms with Crippen molar-refractivity contribution in [3.8, 4) is 11.8 Å². The van der Waals surface area contributed by atoms with Crippen LogP contribution in [0.1, 0.15) is 6.92 Å². The van der Waals surface area contributed by atoms with E-state index < -0.39 is 6.03 Å². The first-order valence-electron chi connectivity index (χ1n) is 2.26. The molecule has 2 amide bonds. The molecule has 9 heavy (non-hydrogen) atoms. The van der Waals surface area contributed by atoms with E-state index >= 15 is 0 Å². The van der Waals surface area contributed by atoms with Crippen molar-refractivity contribution in [2.75, 3.05) is 0 Å². The Morgan fingerprint density at radius 1 is 1.89 bits per heavy atom. The number of hydrogen-bond acceptors (Lipinski definition) is 2. The van der Waals surface area contributed by atoms with Crippen molar-refractivity contribution in [1.82, 2.24) is 5.43 Å². The second-order valence-corrected chi connectivity index (χ2v) is 1.13. The topological polar surface area (TPSA) is 67.5 Å². The number of nitrogens with one attached hydrogen (secondary N) is 1. The maximum absolute atomic E-state index is 9.91. The second kappa shape index (κ2) is 4.65. The highest BCUT2D eigenvalue weighted by Gasteiger charge is 1.79. The van der Waals surface area contributed by atoms with Gasteiger partial charge in [-0.3, -0.25) is 0 Å². The Balaban J connectivity index is 3.44. The summed E-state index contributed by atoms with van der Waals surface area (Å²) in [5.41, 5.74) is 6.65. The van der Waals surface area contributed by atoms with Crippen LogP contribution in [0.3, 0.4) is 0 Å². The molecule has 0 atom stereocenters. The van der Waals surface area contributed by atoms with Gasteiger partial charge in [0.1, 0.15) is 0 Å². The number of hydrogen-bond donors (Lipinski definition) is 2. The first kappa shape index (κ1) is 7.50. The molecule has 0 saturated carbocycles. The zero-order valence-electron chi connectivity index (χ0n) is 5.01. The van der Waals surface area contributed by atoms with E-state index in [1.165, 1.54) is 6.21 Å². The van der Waals surface area contributed by atoms with Crippen LogP contribution in [0.2, 0.25) is 0 Å². The third-order valence-electron chi connectivity index (χ3n) is 0.448. The molecule has 0 unspecified atom stereocenters. The van der Waals surface area contributed by atoms with E-state index in [-0.39, 0.29) is 0 Å². The molecule has 0 aliphatic carbocycles. The molecule has 0 aromatic rings. The van der Waals surface area contributed by atoms with Crippen LogP contribution in [0, 0.1) is 11.8 Å². The van der Waals surface area contributed by atoms with Crippen molar-refractivity contribution in [2.24, 2.45) is 10.8 Å². The van der Waals surface area contributed by atoms with Crippen molar-refractivity contribution < 1.29 is 4.79 Å². The molecule has 0 saturated heterocycles. The standard InChI is InChI=1S/C5H7N3O/c1-2-3-4-7-8-5(6)9/h4H,1H3,(H3,6,8,9)/b7-4+. The highest BCUT2D eigenvalue weighted by molar-refractivity contribution is 5.80. The number of amides is 2. The zero-order valence-corrected chi connectivity index (χ0v) is 5.01. The second-order valence-electron chi connectivity index (χ2n) is 1.13. The van der Waals surface area contributed by atoms with E-state index in [2.05, 4.69) is 22.7 Å². The van der Waals surface area contributed by atoms with Gasteiger partial charge < -0.3 is 5.73 Å². The van der Waals surface area contributed by atoms with Crippen LogP contribution in [0.4, 0.5) is 4.79 Å². The van der Waals surface area contributed by atoms with Crippen molar-refractivity contribution in [3.63, 3.8) is 0 Å². The van der Waals surface area contributed by atoms with Crippen molar-refractivity contribution >= 4 is 12.2 Å². The minimum atomic E-state index is -0.691. The molecule has 0 aromatic carbocycles. The molecular formula is C5H7N3O. The van der Waals surface area contributed by atoms with Gasteiger partial charge in [0, 0.05) is 0 Å². The third-order valence-corrected chi connectivity index (χ3v) is 0.448. The maximum Gasteiger partial charge on any atom is 0.332 e. The van der Waals surface area contributed by atoms with Crippen LogP contribution in [-0.4, -0.2) is 12.2 Å². The SMILES string of the molecule is CC#C/C=N/NC(N)=O. The largest absolute Gasteiger partial charge is 0.350 e. The van der Waals surface area contributed by atoms with Crippen LogP contribution < -0.4 is 11.2 Å². The Kier molecular flexibility index (Phi) is 3.88. The predicted octanol–water partition coefficient (Wildman–Crippen LogP) is -0.336. The van der Waals surface area contributed by atoms with Gasteiger partial charge in [-0.25, -0.2) is 10.2 Å². The van der Waals surface area contributed by atoms with E-state index in [0.717, 1.165) is 0 Å². The predicted molar refractivity (Wildman–Crippen MR) is 34.7 cm³/mol. The molecule has 4 nitrogen and oxygen atoms in total. The van der Waals surface area contributed by atoms with Gasteiger partial charge in [-0.15, -0.1) is 5.92 Å². The fourth-order valence-electron chi connectivity index (χ4n) is 0.193. The minimum Gasteiger partial charge on any atom is -0.350 e. The summed E-state index contributed by atoms with van der Waals surface area (Å²) in [4.78, 5) is 9.91. The summed E-state index contributed by atoms with van der Waals surface area (Å²) >= 11 is 0. The molecule has 0 aromatic heterocycles. The minimum absolute atomic E-state index is 0.691. The fourth-order valence-corrected chi connectivity index (χ4v) is 0.193. The van der Waals surface area contributed by atoms with E-state index in [1.807, 2.05) is 5.43 Å². The molecule has 0 heterocycles. The number of carbonyl (C=O) groups excluding carboxylic acids is 1. The van der Waals surface area contributed by atoms with E-state index in [9.17, 15) is 4.79 Å². The fraction of sp³-hybridized carbons (Fsp3) is 0.200. The Morgan fingerprint density at radius 2 is 2.56 bits per heavy atom. The molecule has 0 bridgehead atoms. The van der Waals surface area contributed by atoms with Gasteiger partial charge in [0.25, 0.3) is 0 Å². The summed E-state index contributed by atoms with van der Waals surface area (Å²) in [7, 11) is 0. The van der Waals surface area contributed by atoms with Gasteiger partial charge in [0.05, 0.1) is 6.21 Å². The Bertz CT molecular complexity index is 174. The smallest absolute Gasteiger partial charge is 0.332 e. The Morgan fingerprint density at radius 3 is 3.00 bits per heavy atom. The first-order chi connectivity index (χ1) is 4.27. The molecule has 3 N–H and O–H groups in total. The molecule has 0 rings (SSSR count). The molecular weight excluding hydrogens is 118 g/mol. The zero-order chi connectivity index (χ0) is 7.11. The van der Waals surface area contributed by atoms with Gasteiger partial charge in [-0.05, 0) is 6.92 Å². The van der Waals surface area contributed by atoms with Crippen LogP contribution in [0.25, 0.3) is 0 Å². The van der Waals surface area contributed by atoms with Crippen molar-refractivity contribution in [3.05, 3.63) is 0 Å². The molecule has 0 aliphatic rings. The lowest BCUT2D eigenvalue weighted by atomic mass is 10.6. The highest BCUT2D eigenvalue weighted by atomic mass is 16.2. The van der Waals surface area contributed by atoms with Crippen LogP contribution in [0.5, 0.6) is 0 Å². The Labute approximate surface area is 53.1 Å². The normalized spacial score (nSPS) is 8.11. The molecule has 0 spiro atoms. The number of nitrogens with zero attached hydrogens (tertiary/aromatic N) is 1. The first-order valence-corrected chi connectivity index (χ1v) is 2.26. The van der Waals surface area contributed by atoms with Gasteiger partial charge in [0.2, 0.25) is 0 Å². The average Bonchev–Trinajstić information content (AvgIpc) is 1.80. The van der Waals surface area contributed by atoms with Gasteiger partial charge in [0.15, 0.2) is 0 Å². The van der Waals surface area contributed by atoms with Gasteiger partial charge in [-0.2, -0.15) is 5.10 Å². The van der Waals surface area contributed by atoms with Crippen LogP contribution in [-0.2, 0) is 0 Å². The number of primary amides is 1. The van der Waals surface area contributed by atoms with Crippen molar-refractivity contribution in [1.29, 1.82) is 0 Å². The van der Waals surface area contributed by atoms with Gasteiger partial charge in [-0.1, -0.05) is 5.92 Å². The maximum atomic E-state index is 9.91. The molecule has 0 fully saturated rings. The van der Waals surface area contributed by atoms with Crippen LogP contribution in [0.15, 0.2) is 5.10 Å². The third kappa shape index (κ3) is 6.50. The van der Waals surface area contributed by atoms with Crippen molar-refractivity contribution in [2.45, 2.75) is 6.92 Å². The van der Waals surface area contributed by atoms with E-state index in [1.54, 1.807) is 6.92 Å². The van der Waals surface area contributed by atoms with E-state index in [4.69, 9.17) is 0 Å². The summed E-state index contributed by atoms with van der Waals surface area (Å²) in [5.74, 6) is 5.04. The Hall–Kier alpha value is -1.50. The number of nitrogens with two attached hydrogens (primary N) is 1. The lowest BCUT2D eigenvalue weighted by Crippen LogP contribution is -2.24. The van der Waals surface area contributed by atoms with Gasteiger partial charge >= 0.3 is 6.03 Å². The number of rotatable bonds is 1. The molecule has 48 valence electrons. The lowest BCUT2D eigenvalue weighted by molar-refractivity contribution is 0.249. The summed E-state index contributed by atoms with van der Waals surface area (Å²) in [5, 5.41) is 3.34. The molecule has 4 heteroatoms. The highest BCUT2D eigenvalue weighted by Crippen LogP contribution is 1.55. The number of hydrazone groups is 1. The molecule has 0 radical (unpaired) electrons. The number of urea groups is 1. The summed E-state index contributed by atoms with van der Waals surface area (Å²) in [6.07, 6.45) is 1.25. The van der Waals surface area contributed by atoms with E-state index in [0.29, 0.717) is 0 Å². The summed E-state index contributed by atoms with van der Waals surface area (Å²) in [6.45, 7) is 1.66. The molecule has 0 aliphatic heterocycles. The average molecular weight is 125 g/mol. The number of carbonyl (C=O) groups is 1. The summed E-state index contributed by atoms with van der Waals surface area (Å²) in [6, 6.07) is -0.691. The quantitative estimate of drug-likeness (QED) is 0.281. The lowest BCUT2D eigenvalue weighted by Gasteiger charge is -1.84.